The quantitative estimate of drug-likeness (QED) is 0.621. The van der Waals surface area contributed by atoms with Gasteiger partial charge in [-0.15, -0.1) is 0 Å². The van der Waals surface area contributed by atoms with E-state index in [9.17, 15) is 24.8 Å². The standard InChI is InChI=1S/C13H15N3O5/c17-11-8-15(6-2-5-14-11)7-9-3-1-4-10(16(20)21)12(9)13(18)19/h1,3-4H,2,5-8H2,(H,14,17)(H,18,19). The van der Waals surface area contributed by atoms with Crippen LogP contribution in [0.2, 0.25) is 0 Å². The number of nitro groups is 1. The molecule has 21 heavy (non-hydrogen) atoms. The molecule has 1 aliphatic rings. The summed E-state index contributed by atoms with van der Waals surface area (Å²) in [5.74, 6) is -1.47. The molecule has 8 nitrogen and oxygen atoms in total. The fourth-order valence-corrected chi connectivity index (χ4v) is 2.36. The molecule has 1 fully saturated rings. The third kappa shape index (κ3) is 3.54. The zero-order valence-electron chi connectivity index (χ0n) is 11.2. The summed E-state index contributed by atoms with van der Waals surface area (Å²) in [5, 5.41) is 22.9. The molecule has 1 heterocycles. The van der Waals surface area contributed by atoms with Gasteiger partial charge in [-0.3, -0.25) is 19.8 Å². The van der Waals surface area contributed by atoms with E-state index in [0.717, 1.165) is 6.42 Å². The van der Waals surface area contributed by atoms with Crippen LogP contribution in [-0.4, -0.2) is 46.4 Å². The monoisotopic (exact) mass is 293 g/mol. The highest BCUT2D eigenvalue weighted by molar-refractivity contribution is 5.94. The smallest absolute Gasteiger partial charge is 0.343 e. The molecule has 8 heteroatoms. The van der Waals surface area contributed by atoms with Crippen molar-refractivity contribution >= 4 is 17.6 Å². The van der Waals surface area contributed by atoms with E-state index < -0.39 is 16.6 Å². The van der Waals surface area contributed by atoms with Crippen molar-refractivity contribution in [1.29, 1.82) is 0 Å². The summed E-state index contributed by atoms with van der Waals surface area (Å²) in [6.07, 6.45) is 0.753. The van der Waals surface area contributed by atoms with Gasteiger partial charge >= 0.3 is 5.97 Å². The average molecular weight is 293 g/mol. The lowest BCUT2D eigenvalue weighted by atomic mass is 10.0. The second-order valence-electron chi connectivity index (χ2n) is 4.79. The predicted octanol–water partition coefficient (Wildman–Crippen LogP) is 0.615. The number of carbonyl (C=O) groups is 2. The van der Waals surface area contributed by atoms with Crippen LogP contribution in [0.25, 0.3) is 0 Å². The Morgan fingerprint density at radius 3 is 2.90 bits per heavy atom. The minimum absolute atomic E-state index is 0.130. The zero-order chi connectivity index (χ0) is 15.4. The Bertz CT molecular complexity index is 587. The molecular formula is C13H15N3O5. The second-order valence-corrected chi connectivity index (χ2v) is 4.79. The van der Waals surface area contributed by atoms with Crippen LogP contribution in [0, 0.1) is 10.1 Å². The molecule has 0 atom stereocenters. The van der Waals surface area contributed by atoms with Crippen LogP contribution in [0.5, 0.6) is 0 Å². The van der Waals surface area contributed by atoms with E-state index in [-0.39, 0.29) is 24.6 Å². The molecule has 112 valence electrons. The molecule has 1 saturated heterocycles. The molecular weight excluding hydrogens is 278 g/mol. The van der Waals surface area contributed by atoms with Crippen molar-refractivity contribution in [2.75, 3.05) is 19.6 Å². The van der Waals surface area contributed by atoms with Crippen molar-refractivity contribution in [2.45, 2.75) is 13.0 Å². The molecule has 1 aliphatic heterocycles. The van der Waals surface area contributed by atoms with Gasteiger partial charge < -0.3 is 10.4 Å². The van der Waals surface area contributed by atoms with E-state index in [1.807, 2.05) is 0 Å². The van der Waals surface area contributed by atoms with Crippen LogP contribution in [0.4, 0.5) is 5.69 Å². The van der Waals surface area contributed by atoms with E-state index in [4.69, 9.17) is 0 Å². The number of carboxylic acids is 1. The first-order valence-electron chi connectivity index (χ1n) is 6.47. The summed E-state index contributed by atoms with van der Waals surface area (Å²) < 4.78 is 0. The second kappa shape index (κ2) is 6.31. The van der Waals surface area contributed by atoms with Gasteiger partial charge in [-0.2, -0.15) is 0 Å². The molecule has 0 aliphatic carbocycles. The van der Waals surface area contributed by atoms with Gasteiger partial charge in [0.25, 0.3) is 5.69 Å². The largest absolute Gasteiger partial charge is 0.477 e. The van der Waals surface area contributed by atoms with Crippen molar-refractivity contribution < 1.29 is 19.6 Å². The molecule has 2 rings (SSSR count). The number of nitrogens with zero attached hydrogens (tertiary/aromatic N) is 2. The van der Waals surface area contributed by atoms with E-state index in [1.54, 1.807) is 11.0 Å². The van der Waals surface area contributed by atoms with E-state index in [0.29, 0.717) is 18.7 Å². The lowest BCUT2D eigenvalue weighted by Crippen LogP contribution is -2.33. The first-order valence-corrected chi connectivity index (χ1v) is 6.47. The van der Waals surface area contributed by atoms with Gasteiger partial charge in [0.2, 0.25) is 5.91 Å². The third-order valence-corrected chi connectivity index (χ3v) is 3.27. The van der Waals surface area contributed by atoms with E-state index in [2.05, 4.69) is 5.32 Å². The fraction of sp³-hybridized carbons (Fsp3) is 0.385. The summed E-state index contributed by atoms with van der Waals surface area (Å²) in [4.78, 5) is 34.8. The molecule has 0 aromatic heterocycles. The van der Waals surface area contributed by atoms with Gasteiger partial charge in [-0.25, -0.2) is 4.79 Å². The van der Waals surface area contributed by atoms with Crippen molar-refractivity contribution in [3.05, 3.63) is 39.4 Å². The number of amides is 1. The summed E-state index contributed by atoms with van der Waals surface area (Å²) in [5.41, 5.74) is -0.405. The van der Waals surface area contributed by atoms with Gasteiger partial charge in [-0.1, -0.05) is 12.1 Å². The Hall–Kier alpha value is -2.48. The lowest BCUT2D eigenvalue weighted by Gasteiger charge is -2.19. The normalized spacial score (nSPS) is 16.1. The van der Waals surface area contributed by atoms with Gasteiger partial charge in [0.05, 0.1) is 11.5 Å². The van der Waals surface area contributed by atoms with Gasteiger partial charge in [0.1, 0.15) is 5.56 Å². The average Bonchev–Trinajstić information content (AvgIpc) is 2.62. The van der Waals surface area contributed by atoms with Gasteiger partial charge in [0, 0.05) is 25.7 Å². The molecule has 1 amide bonds. The highest BCUT2D eigenvalue weighted by Crippen LogP contribution is 2.23. The molecule has 2 N–H and O–H groups in total. The van der Waals surface area contributed by atoms with Crippen LogP contribution in [0.15, 0.2) is 18.2 Å². The first kappa shape index (κ1) is 14.9. The zero-order valence-corrected chi connectivity index (χ0v) is 11.2. The number of carbonyl (C=O) groups excluding carboxylic acids is 1. The maximum absolute atomic E-state index is 11.5. The SMILES string of the molecule is O=C1CN(Cc2cccc([N+](=O)[O-])c2C(=O)O)CCCN1. The van der Waals surface area contributed by atoms with E-state index in [1.165, 1.54) is 12.1 Å². The highest BCUT2D eigenvalue weighted by Gasteiger charge is 2.25. The number of nitrogens with one attached hydrogen (secondary N) is 1. The van der Waals surface area contributed by atoms with Crippen LogP contribution >= 0.6 is 0 Å². The third-order valence-electron chi connectivity index (χ3n) is 3.27. The van der Waals surface area contributed by atoms with Crippen LogP contribution in [-0.2, 0) is 11.3 Å². The lowest BCUT2D eigenvalue weighted by molar-refractivity contribution is -0.385. The molecule has 0 unspecified atom stereocenters. The predicted molar refractivity (Wildman–Crippen MR) is 73.0 cm³/mol. The number of hydrogen-bond donors (Lipinski definition) is 2. The molecule has 0 radical (unpaired) electrons. The van der Waals surface area contributed by atoms with Crippen LogP contribution in [0.1, 0.15) is 22.3 Å². The molecule has 0 bridgehead atoms. The van der Waals surface area contributed by atoms with Crippen molar-refractivity contribution in [2.24, 2.45) is 0 Å². The number of nitro benzene ring substituents is 1. The minimum Gasteiger partial charge on any atom is -0.477 e. The summed E-state index contributed by atoms with van der Waals surface area (Å²) in [6, 6.07) is 4.17. The molecule has 1 aromatic carbocycles. The van der Waals surface area contributed by atoms with Crippen molar-refractivity contribution in [3.8, 4) is 0 Å². The number of hydrogen-bond acceptors (Lipinski definition) is 5. The highest BCUT2D eigenvalue weighted by atomic mass is 16.6. The molecule has 0 spiro atoms. The van der Waals surface area contributed by atoms with Crippen molar-refractivity contribution in [3.63, 3.8) is 0 Å². The summed E-state index contributed by atoms with van der Waals surface area (Å²) >= 11 is 0. The Kier molecular flexibility index (Phi) is 4.49. The first-order chi connectivity index (χ1) is 9.99. The molecule has 1 aromatic rings. The fourth-order valence-electron chi connectivity index (χ4n) is 2.36. The number of carboxylic acid groups (broad SMARTS) is 1. The number of aromatic carboxylic acids is 1. The Labute approximate surface area is 120 Å². The van der Waals surface area contributed by atoms with Gasteiger partial charge in [-0.05, 0) is 12.0 Å². The Morgan fingerprint density at radius 2 is 2.24 bits per heavy atom. The van der Waals surface area contributed by atoms with Crippen molar-refractivity contribution in [1.82, 2.24) is 10.2 Å². The van der Waals surface area contributed by atoms with Crippen LogP contribution < -0.4 is 5.32 Å². The maximum atomic E-state index is 11.5. The minimum atomic E-state index is -1.34. The number of benzene rings is 1. The summed E-state index contributed by atoms with van der Waals surface area (Å²) in [6.45, 7) is 1.55. The number of rotatable bonds is 4. The Balaban J connectivity index is 2.30. The summed E-state index contributed by atoms with van der Waals surface area (Å²) in [7, 11) is 0. The topological polar surface area (TPSA) is 113 Å². The Morgan fingerprint density at radius 1 is 1.48 bits per heavy atom. The molecule has 0 saturated carbocycles. The van der Waals surface area contributed by atoms with Gasteiger partial charge in [0.15, 0.2) is 0 Å². The van der Waals surface area contributed by atoms with Crippen LogP contribution in [0.3, 0.4) is 0 Å². The maximum Gasteiger partial charge on any atom is 0.343 e. The van der Waals surface area contributed by atoms with E-state index >= 15 is 0 Å².